The Morgan fingerprint density at radius 2 is 2.06 bits per heavy atom. The lowest BCUT2D eigenvalue weighted by Crippen LogP contribution is -2.43. The molecule has 1 aromatic rings. The van der Waals surface area contributed by atoms with E-state index in [-0.39, 0.29) is 11.1 Å². The molecule has 2 N–H and O–H groups in total. The van der Waals surface area contributed by atoms with Crippen LogP contribution in [-0.2, 0) is 11.3 Å². The van der Waals surface area contributed by atoms with Crippen molar-refractivity contribution in [2.24, 2.45) is 5.73 Å². The Hall–Kier alpha value is -1.44. The van der Waals surface area contributed by atoms with Gasteiger partial charge < -0.3 is 10.5 Å². The number of benzene rings is 1. The Kier molecular flexibility index (Phi) is 5.26. The Bertz CT molecular complexity index is 436. The van der Waals surface area contributed by atoms with Crippen molar-refractivity contribution in [3.05, 3.63) is 35.1 Å². The van der Waals surface area contributed by atoms with Gasteiger partial charge in [0.2, 0.25) is 0 Å². The summed E-state index contributed by atoms with van der Waals surface area (Å²) < 4.78 is 18.7. The third-order valence-corrected chi connectivity index (χ3v) is 3.22. The number of hydrogen-bond acceptors (Lipinski definition) is 3. The van der Waals surface area contributed by atoms with E-state index >= 15 is 0 Å². The molecular weight excluding hydrogens is 231 g/mol. The minimum Gasteiger partial charge on any atom is -0.375 e. The molecule has 0 saturated heterocycles. The molecule has 3 nitrogen and oxygen atoms in total. The van der Waals surface area contributed by atoms with Crippen LogP contribution < -0.4 is 5.73 Å². The van der Waals surface area contributed by atoms with Gasteiger partial charge in [-0.05, 0) is 30.5 Å². The molecule has 98 valence electrons. The second kappa shape index (κ2) is 6.48. The van der Waals surface area contributed by atoms with Gasteiger partial charge in [0.1, 0.15) is 11.9 Å². The molecule has 0 aromatic heterocycles. The fraction of sp³-hybridized carbons (Fsp3) is 0.500. The molecule has 0 unspecified atom stereocenters. The van der Waals surface area contributed by atoms with E-state index in [4.69, 9.17) is 15.7 Å². The van der Waals surface area contributed by atoms with E-state index in [9.17, 15) is 4.39 Å². The fourth-order valence-corrected chi connectivity index (χ4v) is 1.57. The van der Waals surface area contributed by atoms with Gasteiger partial charge in [0.05, 0.1) is 18.8 Å². The maximum Gasteiger partial charge on any atom is 0.140 e. The first kappa shape index (κ1) is 14.6. The molecule has 0 aliphatic heterocycles. The minimum absolute atomic E-state index is 0.0427. The smallest absolute Gasteiger partial charge is 0.140 e. The van der Waals surface area contributed by atoms with Gasteiger partial charge in [0.15, 0.2) is 0 Å². The van der Waals surface area contributed by atoms with E-state index in [1.807, 2.05) is 19.9 Å². The van der Waals surface area contributed by atoms with E-state index in [0.717, 1.165) is 18.4 Å². The summed E-state index contributed by atoms with van der Waals surface area (Å²) in [5.74, 6) is -0.503. The van der Waals surface area contributed by atoms with Crippen LogP contribution in [0.5, 0.6) is 0 Å². The molecular formula is C14H19FN2O. The zero-order valence-electron chi connectivity index (χ0n) is 10.9. The van der Waals surface area contributed by atoms with Crippen LogP contribution in [0.4, 0.5) is 4.39 Å². The SMILES string of the molecule is CCC(N)(CC)COCc1ccc(F)c(C#N)c1. The van der Waals surface area contributed by atoms with Crippen molar-refractivity contribution in [2.75, 3.05) is 6.61 Å². The number of halogens is 1. The Labute approximate surface area is 107 Å². The van der Waals surface area contributed by atoms with Gasteiger partial charge in [-0.3, -0.25) is 0 Å². The minimum atomic E-state index is -0.503. The quantitative estimate of drug-likeness (QED) is 0.844. The zero-order valence-corrected chi connectivity index (χ0v) is 10.9. The number of nitriles is 1. The molecule has 0 spiro atoms. The molecule has 0 heterocycles. The topological polar surface area (TPSA) is 59.0 Å². The molecule has 0 saturated carbocycles. The molecule has 0 radical (unpaired) electrons. The summed E-state index contributed by atoms with van der Waals surface area (Å²) in [5, 5.41) is 8.72. The van der Waals surface area contributed by atoms with E-state index in [1.54, 1.807) is 6.07 Å². The Morgan fingerprint density at radius 3 is 2.61 bits per heavy atom. The summed E-state index contributed by atoms with van der Waals surface area (Å²) >= 11 is 0. The van der Waals surface area contributed by atoms with E-state index < -0.39 is 5.82 Å². The van der Waals surface area contributed by atoms with Crippen LogP contribution in [0.3, 0.4) is 0 Å². The second-order valence-electron chi connectivity index (χ2n) is 4.49. The van der Waals surface area contributed by atoms with Crippen molar-refractivity contribution in [3.63, 3.8) is 0 Å². The molecule has 0 aliphatic rings. The van der Waals surface area contributed by atoms with Crippen molar-refractivity contribution in [2.45, 2.75) is 38.8 Å². The summed E-state index contributed by atoms with van der Waals surface area (Å²) in [6.45, 7) is 4.85. The molecule has 0 atom stereocenters. The van der Waals surface area contributed by atoms with Crippen LogP contribution in [0.15, 0.2) is 18.2 Å². The summed E-state index contributed by atoms with van der Waals surface area (Å²) in [5.41, 5.74) is 6.62. The maximum absolute atomic E-state index is 13.1. The van der Waals surface area contributed by atoms with Crippen LogP contribution in [0.2, 0.25) is 0 Å². The first-order valence-electron chi connectivity index (χ1n) is 6.10. The molecule has 0 amide bonds. The van der Waals surface area contributed by atoms with Crippen LogP contribution in [0, 0.1) is 17.1 Å². The Balaban J connectivity index is 2.57. The summed E-state index contributed by atoms with van der Waals surface area (Å²) in [6, 6.07) is 6.22. The van der Waals surface area contributed by atoms with Crippen molar-refractivity contribution >= 4 is 0 Å². The van der Waals surface area contributed by atoms with Crippen molar-refractivity contribution in [1.82, 2.24) is 0 Å². The summed E-state index contributed by atoms with van der Waals surface area (Å²) in [7, 11) is 0. The molecule has 1 rings (SSSR count). The number of hydrogen-bond donors (Lipinski definition) is 1. The molecule has 0 bridgehead atoms. The van der Waals surface area contributed by atoms with Gasteiger partial charge in [-0.25, -0.2) is 4.39 Å². The van der Waals surface area contributed by atoms with Crippen LogP contribution in [-0.4, -0.2) is 12.1 Å². The highest BCUT2D eigenvalue weighted by Gasteiger charge is 2.20. The van der Waals surface area contributed by atoms with Crippen LogP contribution in [0.1, 0.15) is 37.8 Å². The lowest BCUT2D eigenvalue weighted by molar-refractivity contribution is 0.0696. The number of rotatable bonds is 6. The van der Waals surface area contributed by atoms with Crippen molar-refractivity contribution in [1.29, 1.82) is 5.26 Å². The van der Waals surface area contributed by atoms with Gasteiger partial charge in [-0.15, -0.1) is 0 Å². The lowest BCUT2D eigenvalue weighted by Gasteiger charge is -2.26. The largest absolute Gasteiger partial charge is 0.375 e. The number of nitrogens with two attached hydrogens (primary N) is 1. The summed E-state index contributed by atoms with van der Waals surface area (Å²) in [4.78, 5) is 0. The standard InChI is InChI=1S/C14H19FN2O/c1-3-14(17,4-2)10-18-9-11-5-6-13(15)12(7-11)8-16/h5-7H,3-4,9-10,17H2,1-2H3. The third-order valence-electron chi connectivity index (χ3n) is 3.22. The van der Waals surface area contributed by atoms with E-state index in [1.165, 1.54) is 12.1 Å². The number of ether oxygens (including phenoxy) is 1. The lowest BCUT2D eigenvalue weighted by atomic mass is 9.96. The monoisotopic (exact) mass is 250 g/mol. The predicted molar refractivity (Wildman–Crippen MR) is 68.3 cm³/mol. The normalized spacial score (nSPS) is 11.3. The molecule has 1 aromatic carbocycles. The van der Waals surface area contributed by atoms with Crippen molar-refractivity contribution < 1.29 is 9.13 Å². The molecule has 4 heteroatoms. The summed E-state index contributed by atoms with van der Waals surface area (Å²) in [6.07, 6.45) is 1.69. The van der Waals surface area contributed by atoms with E-state index in [0.29, 0.717) is 13.2 Å². The first-order valence-corrected chi connectivity index (χ1v) is 6.10. The predicted octanol–water partition coefficient (Wildman–Crippen LogP) is 2.73. The average Bonchev–Trinajstić information content (AvgIpc) is 2.40. The van der Waals surface area contributed by atoms with Gasteiger partial charge in [-0.1, -0.05) is 19.9 Å². The van der Waals surface area contributed by atoms with Gasteiger partial charge in [0, 0.05) is 5.54 Å². The zero-order chi connectivity index (χ0) is 13.6. The van der Waals surface area contributed by atoms with Crippen LogP contribution >= 0.6 is 0 Å². The van der Waals surface area contributed by atoms with Gasteiger partial charge in [-0.2, -0.15) is 5.26 Å². The highest BCUT2D eigenvalue weighted by molar-refractivity contribution is 5.34. The fourth-order valence-electron chi connectivity index (χ4n) is 1.57. The van der Waals surface area contributed by atoms with Crippen molar-refractivity contribution in [3.8, 4) is 6.07 Å². The highest BCUT2D eigenvalue weighted by Crippen LogP contribution is 2.14. The molecule has 0 fully saturated rings. The second-order valence-corrected chi connectivity index (χ2v) is 4.49. The van der Waals surface area contributed by atoms with Crippen LogP contribution in [0.25, 0.3) is 0 Å². The highest BCUT2D eigenvalue weighted by atomic mass is 19.1. The van der Waals surface area contributed by atoms with E-state index in [2.05, 4.69) is 0 Å². The number of nitrogens with zero attached hydrogens (tertiary/aromatic N) is 1. The average molecular weight is 250 g/mol. The Morgan fingerprint density at radius 1 is 1.39 bits per heavy atom. The van der Waals surface area contributed by atoms with Gasteiger partial charge >= 0.3 is 0 Å². The molecule has 0 aliphatic carbocycles. The maximum atomic E-state index is 13.1. The molecule has 18 heavy (non-hydrogen) atoms. The first-order chi connectivity index (χ1) is 8.54. The van der Waals surface area contributed by atoms with Gasteiger partial charge in [0.25, 0.3) is 0 Å². The third kappa shape index (κ3) is 3.80.